The van der Waals surface area contributed by atoms with E-state index in [1.54, 1.807) is 91.4 Å². The number of rotatable bonds is 6. The molecule has 4 rings (SSSR count). The van der Waals surface area contributed by atoms with Crippen molar-refractivity contribution in [1.82, 2.24) is 19.9 Å². The summed E-state index contributed by atoms with van der Waals surface area (Å²) in [7, 11) is -3.59. The Bertz CT molecular complexity index is 1190. The van der Waals surface area contributed by atoms with Crippen molar-refractivity contribution in [2.45, 2.75) is 11.5 Å². The van der Waals surface area contributed by atoms with E-state index in [-0.39, 0.29) is 39.1 Å². The normalized spacial score (nSPS) is 10.3. The third-order valence-corrected chi connectivity index (χ3v) is 4.55. The summed E-state index contributed by atoms with van der Waals surface area (Å²) in [6, 6.07) is 20.3. The number of ether oxygens (including phenoxy) is 1. The zero-order valence-electron chi connectivity index (χ0n) is 21.0. The third-order valence-electron chi connectivity index (χ3n) is 4.55. The molecular weight excluding hydrogens is 611 g/mol. The second kappa shape index (κ2) is 18.6. The minimum Gasteiger partial charge on any atom is -0.819 e. The van der Waals surface area contributed by atoms with Crippen LogP contribution in [0.15, 0.2) is 97.6 Å². The fourth-order valence-electron chi connectivity index (χ4n) is 2.91. The summed E-state index contributed by atoms with van der Waals surface area (Å²) < 4.78 is 39.0. The SMILES string of the molecule is COC([O-])(c1ccccn1)c1ccccn1.N#C[N-]C(O)(c1ccccn1)c1ccccn1.O.O.[Co+3].[O-][Cl+3]([O-])([O-])[O-]. The Kier molecular flexibility index (Phi) is 17.9. The zero-order valence-corrected chi connectivity index (χ0v) is 22.8. The molecule has 0 aromatic carbocycles. The van der Waals surface area contributed by atoms with Gasteiger partial charge in [-0.2, -0.15) is 0 Å². The molecule has 0 saturated carbocycles. The van der Waals surface area contributed by atoms with Crippen molar-refractivity contribution in [2.24, 2.45) is 0 Å². The maximum absolute atomic E-state index is 12.5. The van der Waals surface area contributed by atoms with Gasteiger partial charge >= 0.3 is 16.8 Å². The summed E-state index contributed by atoms with van der Waals surface area (Å²) in [6.07, 6.45) is 7.77. The van der Waals surface area contributed by atoms with Crippen LogP contribution < -0.4 is 23.7 Å². The zero-order chi connectivity index (χ0) is 28.1. The first-order valence-corrected chi connectivity index (χ1v) is 11.6. The van der Waals surface area contributed by atoms with E-state index in [4.69, 9.17) is 28.6 Å². The van der Waals surface area contributed by atoms with Gasteiger partial charge in [0, 0.05) is 31.9 Å². The first-order chi connectivity index (χ1) is 18.0. The Balaban J connectivity index is 0. The first kappa shape index (κ1) is 39.5. The Morgan fingerprint density at radius 2 is 1.02 bits per heavy atom. The molecule has 0 bridgehead atoms. The number of pyridine rings is 4. The second-order valence-electron chi connectivity index (χ2n) is 6.94. The van der Waals surface area contributed by atoms with Gasteiger partial charge in [-0.25, -0.2) is 18.6 Å². The van der Waals surface area contributed by atoms with Crippen molar-refractivity contribution in [3.05, 3.63) is 126 Å². The van der Waals surface area contributed by atoms with E-state index >= 15 is 0 Å². The largest absolute Gasteiger partial charge is 3.00 e. The molecule has 0 saturated heterocycles. The third kappa shape index (κ3) is 12.2. The van der Waals surface area contributed by atoms with Crippen LogP contribution in [0.5, 0.6) is 0 Å². The summed E-state index contributed by atoms with van der Waals surface area (Å²) in [4.78, 5) is 16.1. The van der Waals surface area contributed by atoms with Gasteiger partial charge in [0.25, 0.3) is 0 Å². The molecule has 4 heterocycles. The molecule has 0 aliphatic heterocycles. The summed E-state index contributed by atoms with van der Waals surface area (Å²) in [5.41, 5.74) is -0.690. The molecule has 0 aliphatic rings. The van der Waals surface area contributed by atoms with Gasteiger partial charge in [0.2, 0.25) is 0 Å². The predicted octanol–water partition coefficient (Wildman–Crippen LogP) is -4.20. The molecule has 5 N–H and O–H groups in total. The fourth-order valence-corrected chi connectivity index (χ4v) is 2.91. The number of nitrogens with zero attached hydrogens (tertiary/aromatic N) is 6. The summed E-state index contributed by atoms with van der Waals surface area (Å²) in [6.45, 7) is 0. The van der Waals surface area contributed by atoms with Crippen LogP contribution in [0.4, 0.5) is 0 Å². The molecule has 41 heavy (non-hydrogen) atoms. The number of aromatic nitrogens is 4. The monoisotopic (exact) mass is 634 g/mol. The van der Waals surface area contributed by atoms with Crippen LogP contribution >= 0.6 is 0 Å². The maximum atomic E-state index is 12.5. The van der Waals surface area contributed by atoms with Crippen molar-refractivity contribution >= 4 is 0 Å². The van der Waals surface area contributed by atoms with Gasteiger partial charge in [0.15, 0.2) is 5.72 Å². The van der Waals surface area contributed by atoms with E-state index in [0.717, 1.165) is 0 Å². The first-order valence-electron chi connectivity index (χ1n) is 10.4. The molecule has 0 amide bonds. The van der Waals surface area contributed by atoms with Gasteiger partial charge < -0.3 is 36.5 Å². The van der Waals surface area contributed by atoms with Crippen molar-refractivity contribution < 1.29 is 71.6 Å². The second-order valence-corrected chi connectivity index (χ2v) is 7.70. The van der Waals surface area contributed by atoms with E-state index in [9.17, 15) is 10.2 Å². The summed E-state index contributed by atoms with van der Waals surface area (Å²) >= 11 is 0. The fraction of sp³-hybridized carbons (Fsp3) is 0.125. The molecule has 0 aliphatic carbocycles. The Hall–Kier alpha value is -3.67. The Labute approximate surface area is 247 Å². The standard InChI is InChI=1S/C12H9N4O.C12H11N2O2.ClHO4.Co.2H2O/c13-9-16-12(17,10-5-1-3-7-14-10)11-6-2-4-8-15-11;1-16-12(15,10-6-2-4-8-13-10)11-7-3-5-9-14-11;2-1(3,4)5;;;/h1-8,17H;2-9H,1H3;(H,2,3,4,5);;2*1H2/q2*-1;;+3;;/p-1. The van der Waals surface area contributed by atoms with Crippen LogP contribution in [0.3, 0.4) is 0 Å². The van der Waals surface area contributed by atoms with Crippen LogP contribution in [0, 0.1) is 21.7 Å². The summed E-state index contributed by atoms with van der Waals surface area (Å²) in [5.74, 6) is -1.84. The Morgan fingerprint density at radius 3 is 1.24 bits per heavy atom. The number of methoxy groups -OCH3 is 1. The molecule has 0 unspecified atom stereocenters. The van der Waals surface area contributed by atoms with Crippen LogP contribution in [0.1, 0.15) is 22.8 Å². The van der Waals surface area contributed by atoms with E-state index in [0.29, 0.717) is 11.4 Å². The molecule has 0 fully saturated rings. The molecule has 220 valence electrons. The van der Waals surface area contributed by atoms with Crippen LogP contribution in [0.2, 0.25) is 0 Å². The molecule has 0 spiro atoms. The van der Waals surface area contributed by atoms with Crippen molar-refractivity contribution in [3.8, 4) is 6.19 Å². The Morgan fingerprint density at radius 1 is 0.732 bits per heavy atom. The number of halogens is 1. The molecule has 0 atom stereocenters. The van der Waals surface area contributed by atoms with Crippen molar-refractivity contribution in [1.29, 1.82) is 5.26 Å². The molecular formula is C24H24ClCoN6O9. The van der Waals surface area contributed by atoms with Gasteiger partial charge in [-0.1, -0.05) is 30.5 Å². The predicted molar refractivity (Wildman–Crippen MR) is 124 cm³/mol. The molecule has 4 aromatic heterocycles. The summed E-state index contributed by atoms with van der Waals surface area (Å²) in [5, 5.41) is 35.2. The quantitative estimate of drug-likeness (QED) is 0.156. The van der Waals surface area contributed by atoms with Crippen LogP contribution in [-0.2, 0) is 33.0 Å². The molecule has 4 aromatic rings. The van der Waals surface area contributed by atoms with E-state index in [2.05, 4.69) is 25.3 Å². The number of nitriles is 1. The molecule has 17 heteroatoms. The maximum Gasteiger partial charge on any atom is 3.00 e. The minimum atomic E-state index is -4.94. The smallest absolute Gasteiger partial charge is 0.819 e. The van der Waals surface area contributed by atoms with Gasteiger partial charge in [0.1, 0.15) is 0 Å². The molecule has 15 nitrogen and oxygen atoms in total. The number of hydrogen-bond donors (Lipinski definition) is 1. The van der Waals surface area contributed by atoms with E-state index < -0.39 is 21.8 Å². The average molecular weight is 635 g/mol. The van der Waals surface area contributed by atoms with Gasteiger partial charge in [0.05, 0.1) is 28.6 Å². The van der Waals surface area contributed by atoms with Crippen LogP contribution in [-0.4, -0.2) is 43.1 Å². The number of aliphatic hydroxyl groups is 1. The van der Waals surface area contributed by atoms with Gasteiger partial charge in [-0.15, -0.1) is 10.2 Å². The van der Waals surface area contributed by atoms with Gasteiger partial charge in [-0.05, 0) is 48.5 Å². The van der Waals surface area contributed by atoms with Crippen LogP contribution in [0.25, 0.3) is 5.32 Å². The topological polar surface area (TPSA) is 297 Å². The molecule has 0 radical (unpaired) electrons. The van der Waals surface area contributed by atoms with Crippen molar-refractivity contribution in [2.75, 3.05) is 7.11 Å². The van der Waals surface area contributed by atoms with Gasteiger partial charge in [-0.3, -0.25) is 19.9 Å². The van der Waals surface area contributed by atoms with Crippen molar-refractivity contribution in [3.63, 3.8) is 0 Å². The number of hydrogen-bond acceptors (Lipinski definition) is 12. The minimum absolute atomic E-state index is 0. The van der Waals surface area contributed by atoms with E-state index in [1.807, 2.05) is 0 Å². The average Bonchev–Trinajstić information content (AvgIpc) is 2.94. The van der Waals surface area contributed by atoms with E-state index in [1.165, 1.54) is 19.5 Å².